The Balaban J connectivity index is 1.68. The number of Topliss-reactive ketones (excluding diaryl/α,β-unsaturated/α-hetero) is 1. The largest absolute Gasteiger partial charge is 0.299 e. The normalized spacial score (nSPS) is 50.0. The lowest BCUT2D eigenvalue weighted by Gasteiger charge is -2.67. The molecule has 0 aliphatic heterocycles. The predicted molar refractivity (Wildman–Crippen MR) is 145 cm³/mol. The van der Waals surface area contributed by atoms with Crippen molar-refractivity contribution >= 4 is 5.78 Å². The highest BCUT2D eigenvalue weighted by atomic mass is 16.1. The first kappa shape index (κ1) is 26.7. The van der Waals surface area contributed by atoms with Crippen LogP contribution in [0.15, 0.2) is 0 Å². The summed E-state index contributed by atoms with van der Waals surface area (Å²) in [5, 5.41) is 0. The second-order valence-electron chi connectivity index (χ2n) is 16.1. The van der Waals surface area contributed by atoms with E-state index in [1.807, 2.05) is 0 Å². The van der Waals surface area contributed by atoms with Crippen LogP contribution < -0.4 is 0 Å². The zero-order chi connectivity index (χ0) is 25.4. The molecule has 0 radical (unpaired) electrons. The van der Waals surface area contributed by atoms with Crippen molar-refractivity contribution in [1.29, 1.82) is 0 Å². The first-order chi connectivity index (χ1) is 15.6. The summed E-state index contributed by atoms with van der Waals surface area (Å²) in [6.07, 6.45) is 10.1. The summed E-state index contributed by atoms with van der Waals surface area (Å²) < 4.78 is 0. The third-order valence-corrected chi connectivity index (χ3v) is 13.7. The van der Waals surface area contributed by atoms with Gasteiger partial charge in [-0.3, -0.25) is 4.79 Å². The van der Waals surface area contributed by atoms with Gasteiger partial charge in [-0.2, -0.15) is 0 Å². The smallest absolute Gasteiger partial charge is 0.136 e. The summed E-state index contributed by atoms with van der Waals surface area (Å²) >= 11 is 0. The van der Waals surface area contributed by atoms with Gasteiger partial charge in [-0.25, -0.2) is 0 Å². The van der Waals surface area contributed by atoms with Gasteiger partial charge in [0.15, 0.2) is 0 Å². The highest BCUT2D eigenvalue weighted by Crippen LogP contribution is 2.76. The molecule has 4 fully saturated rings. The van der Waals surface area contributed by atoms with Gasteiger partial charge in [-0.15, -0.1) is 0 Å². The first-order valence-corrected chi connectivity index (χ1v) is 15.1. The molecular formula is C33H58O. The fourth-order valence-corrected chi connectivity index (χ4v) is 11.1. The summed E-state index contributed by atoms with van der Waals surface area (Å²) in [5.41, 5.74) is 1.22. The number of fused-ring (bicyclic) bond motifs is 5. The molecule has 0 saturated heterocycles. The number of hydrogen-bond acceptors (Lipinski definition) is 1. The average molecular weight is 471 g/mol. The molecule has 1 heteroatoms. The second kappa shape index (κ2) is 8.62. The zero-order valence-corrected chi connectivity index (χ0v) is 24.8. The van der Waals surface area contributed by atoms with E-state index < -0.39 is 0 Å². The maximum Gasteiger partial charge on any atom is 0.136 e. The van der Waals surface area contributed by atoms with Crippen molar-refractivity contribution in [2.45, 2.75) is 128 Å². The Morgan fingerprint density at radius 2 is 1.56 bits per heavy atom. The van der Waals surface area contributed by atoms with Crippen LogP contribution in [0.2, 0.25) is 0 Å². The third kappa shape index (κ3) is 3.70. The molecule has 0 N–H and O–H groups in total. The van der Waals surface area contributed by atoms with Gasteiger partial charge in [0.05, 0.1) is 0 Å². The summed E-state index contributed by atoms with van der Waals surface area (Å²) in [7, 11) is 0. The van der Waals surface area contributed by atoms with E-state index in [0.717, 1.165) is 48.3 Å². The molecule has 0 bridgehead atoms. The quantitative estimate of drug-likeness (QED) is 0.391. The van der Waals surface area contributed by atoms with Crippen LogP contribution in [0.3, 0.4) is 0 Å². The van der Waals surface area contributed by atoms with E-state index in [9.17, 15) is 4.79 Å². The molecule has 4 aliphatic rings. The first-order valence-electron chi connectivity index (χ1n) is 15.1. The molecule has 2 unspecified atom stereocenters. The van der Waals surface area contributed by atoms with Crippen molar-refractivity contribution in [2.75, 3.05) is 0 Å². The fourth-order valence-electron chi connectivity index (χ4n) is 11.1. The topological polar surface area (TPSA) is 17.1 Å². The molecular weight excluding hydrogens is 412 g/mol. The second-order valence-corrected chi connectivity index (χ2v) is 16.1. The van der Waals surface area contributed by atoms with Gasteiger partial charge >= 0.3 is 0 Å². The van der Waals surface area contributed by atoms with Crippen molar-refractivity contribution in [3.8, 4) is 0 Å². The van der Waals surface area contributed by atoms with Crippen molar-refractivity contribution in [3.05, 3.63) is 0 Å². The summed E-state index contributed by atoms with van der Waals surface area (Å²) in [4.78, 5) is 13.8. The van der Waals surface area contributed by atoms with Crippen LogP contribution in [0.4, 0.5) is 0 Å². The molecule has 4 aliphatic carbocycles. The Hall–Kier alpha value is -0.330. The van der Waals surface area contributed by atoms with Gasteiger partial charge in [-0.1, -0.05) is 82.6 Å². The van der Waals surface area contributed by atoms with Gasteiger partial charge in [0.25, 0.3) is 0 Å². The van der Waals surface area contributed by atoms with Gasteiger partial charge in [0, 0.05) is 12.3 Å². The molecule has 0 aromatic carbocycles. The number of hydrogen-bond donors (Lipinski definition) is 0. The van der Waals surface area contributed by atoms with Crippen LogP contribution in [-0.2, 0) is 4.79 Å². The Kier molecular flexibility index (Phi) is 6.77. The minimum absolute atomic E-state index is 0.216. The SMILES string of the molecule is CC(C)CC[C@@H](C)C(C)(C)[C@H]1CC[C@@]2(C)C3CC(=O)[C@@H]4C[C@@H](C)[C@@H](C)C[C@]4(C)C3[C@H](C)C[C@]12C. The van der Waals surface area contributed by atoms with E-state index in [1.54, 1.807) is 0 Å². The van der Waals surface area contributed by atoms with E-state index in [4.69, 9.17) is 0 Å². The molecule has 34 heavy (non-hydrogen) atoms. The van der Waals surface area contributed by atoms with Gasteiger partial charge < -0.3 is 0 Å². The van der Waals surface area contributed by atoms with E-state index in [0.29, 0.717) is 39.8 Å². The average Bonchev–Trinajstić information content (AvgIpc) is 2.99. The molecule has 0 spiro atoms. The molecule has 0 amide bonds. The minimum Gasteiger partial charge on any atom is -0.299 e. The minimum atomic E-state index is 0.216. The van der Waals surface area contributed by atoms with Gasteiger partial charge in [0.2, 0.25) is 0 Å². The van der Waals surface area contributed by atoms with E-state index in [2.05, 4.69) is 76.2 Å². The molecule has 4 rings (SSSR count). The monoisotopic (exact) mass is 470 g/mol. The standard InChI is InChI=1S/C33H58O/c1-20(2)12-13-24(6)30(7,8)28-14-15-32(10)26-17-27(34)25-16-21(3)22(4)18-31(25,9)29(26)23(5)19-33(28,32)11/h20-26,28-29H,12-19H2,1-11H3/t21-,22+,23-,24-,25+,26?,28-,29?,31+,32+,33-/m1/s1. The Bertz CT molecular complexity index is 779. The van der Waals surface area contributed by atoms with Crippen LogP contribution in [0.1, 0.15) is 128 Å². The number of rotatable bonds is 5. The van der Waals surface area contributed by atoms with Crippen LogP contribution in [-0.4, -0.2) is 5.78 Å². The highest BCUT2D eigenvalue weighted by molar-refractivity contribution is 5.83. The van der Waals surface area contributed by atoms with Gasteiger partial charge in [-0.05, 0) is 108 Å². The number of ketones is 1. The lowest BCUT2D eigenvalue weighted by Crippen LogP contribution is -2.63. The summed E-state index contributed by atoms with van der Waals surface area (Å²) in [5.74, 6) is 6.75. The molecule has 1 nitrogen and oxygen atoms in total. The van der Waals surface area contributed by atoms with E-state index in [-0.39, 0.29) is 5.41 Å². The van der Waals surface area contributed by atoms with Crippen LogP contribution >= 0.6 is 0 Å². The molecule has 11 atom stereocenters. The Morgan fingerprint density at radius 1 is 0.912 bits per heavy atom. The van der Waals surface area contributed by atoms with E-state index >= 15 is 0 Å². The summed E-state index contributed by atoms with van der Waals surface area (Å²) in [6, 6.07) is 0. The number of carbonyl (C=O) groups excluding carboxylic acids is 1. The van der Waals surface area contributed by atoms with Crippen molar-refractivity contribution in [1.82, 2.24) is 0 Å². The van der Waals surface area contributed by atoms with E-state index in [1.165, 1.54) is 38.5 Å². The zero-order valence-electron chi connectivity index (χ0n) is 24.8. The predicted octanol–water partition coefficient (Wildman–Crippen LogP) is 9.44. The summed E-state index contributed by atoms with van der Waals surface area (Å²) in [6.45, 7) is 27.8. The van der Waals surface area contributed by atoms with Crippen molar-refractivity contribution < 1.29 is 4.79 Å². The van der Waals surface area contributed by atoms with Crippen LogP contribution in [0.5, 0.6) is 0 Å². The lowest BCUT2D eigenvalue weighted by molar-refractivity contribution is -0.196. The lowest BCUT2D eigenvalue weighted by atomic mass is 9.36. The van der Waals surface area contributed by atoms with Gasteiger partial charge in [0.1, 0.15) is 5.78 Å². The maximum absolute atomic E-state index is 13.8. The molecule has 4 saturated carbocycles. The fraction of sp³-hybridized carbons (Fsp3) is 0.970. The Labute approximate surface area is 213 Å². The molecule has 196 valence electrons. The highest BCUT2D eigenvalue weighted by Gasteiger charge is 2.70. The maximum atomic E-state index is 13.8. The Morgan fingerprint density at radius 3 is 2.18 bits per heavy atom. The third-order valence-electron chi connectivity index (χ3n) is 13.7. The molecule has 0 aromatic heterocycles. The van der Waals surface area contributed by atoms with Crippen LogP contribution in [0.25, 0.3) is 0 Å². The number of carbonyl (C=O) groups is 1. The molecule has 0 heterocycles. The molecule has 0 aromatic rings. The van der Waals surface area contributed by atoms with Crippen molar-refractivity contribution in [2.24, 2.45) is 74.9 Å². The van der Waals surface area contributed by atoms with Crippen LogP contribution in [0, 0.1) is 74.9 Å². The van der Waals surface area contributed by atoms with Crippen molar-refractivity contribution in [3.63, 3.8) is 0 Å².